The molecule has 3 aromatic carbocycles. The number of nitrogens with zero attached hydrogens (tertiary/aromatic N) is 3. The summed E-state index contributed by atoms with van der Waals surface area (Å²) in [6.45, 7) is 7.44. The van der Waals surface area contributed by atoms with E-state index in [2.05, 4.69) is 71.3 Å². The molecule has 27 heavy (non-hydrogen) atoms. The number of aliphatic imine (C=N–C) groups is 2. The van der Waals surface area contributed by atoms with Gasteiger partial charge in [-0.2, -0.15) is 4.57 Å². The second-order valence-corrected chi connectivity index (χ2v) is 6.48. The predicted octanol–water partition coefficient (Wildman–Crippen LogP) is 5.54. The van der Waals surface area contributed by atoms with Gasteiger partial charge in [0.15, 0.2) is 0 Å². The Morgan fingerprint density at radius 3 is 2.19 bits per heavy atom. The van der Waals surface area contributed by atoms with E-state index in [1.54, 1.807) is 0 Å². The summed E-state index contributed by atoms with van der Waals surface area (Å²) in [6.07, 6.45) is 3.72. The van der Waals surface area contributed by atoms with Crippen molar-refractivity contribution in [1.82, 2.24) is 0 Å². The molecule has 1 heterocycles. The van der Waals surface area contributed by atoms with Crippen LogP contribution in [-0.2, 0) is 7.05 Å². The maximum absolute atomic E-state index is 4.66. The van der Waals surface area contributed by atoms with Crippen LogP contribution >= 0.6 is 0 Å². The van der Waals surface area contributed by atoms with Gasteiger partial charge in [0.25, 0.3) is 0 Å². The Hall–Kier alpha value is -3.59. The third-order valence-corrected chi connectivity index (χ3v) is 4.75. The van der Waals surface area contributed by atoms with Gasteiger partial charge in [0.1, 0.15) is 7.05 Å². The van der Waals surface area contributed by atoms with Crippen molar-refractivity contribution >= 4 is 52.2 Å². The molecule has 0 N–H and O–H groups in total. The summed E-state index contributed by atoms with van der Waals surface area (Å²) in [5.41, 5.74) is 6.16. The van der Waals surface area contributed by atoms with Gasteiger partial charge in [0, 0.05) is 29.1 Å². The third kappa shape index (κ3) is 3.27. The highest BCUT2D eigenvalue weighted by atomic mass is 14.9. The molecule has 3 nitrogen and oxygen atoms in total. The standard InChI is InChI=1S/C24H20N3/c1-4-17-6-5-7-18(12-17)16-26-22-11-9-20-13-19-8-10-21(25-2)14-23(19)27(3)24(20)15-22/h4-16H,1-2H2,3H3/q+1. The quantitative estimate of drug-likeness (QED) is 0.263. The van der Waals surface area contributed by atoms with Crippen molar-refractivity contribution in [2.24, 2.45) is 17.0 Å². The summed E-state index contributed by atoms with van der Waals surface area (Å²) < 4.78 is 2.18. The number of aryl methyl sites for hydroxylation is 1. The van der Waals surface area contributed by atoms with Crippen LogP contribution in [0.2, 0.25) is 0 Å². The SMILES string of the molecule is C=Cc1cccc(C=Nc2ccc3cc4ccc(N=C)cc4[n+](C)c3c2)c1. The van der Waals surface area contributed by atoms with Crippen LogP contribution in [0.4, 0.5) is 11.4 Å². The van der Waals surface area contributed by atoms with Crippen LogP contribution in [0.25, 0.3) is 27.9 Å². The Morgan fingerprint density at radius 1 is 0.815 bits per heavy atom. The summed E-state index contributed by atoms with van der Waals surface area (Å²) in [5, 5.41) is 2.35. The van der Waals surface area contributed by atoms with E-state index in [0.717, 1.165) is 33.5 Å². The Kier molecular flexibility index (Phi) is 4.35. The molecule has 0 unspecified atom stereocenters. The van der Waals surface area contributed by atoms with Crippen LogP contribution in [-0.4, -0.2) is 12.9 Å². The molecule has 4 aromatic rings. The summed E-state index contributed by atoms with van der Waals surface area (Å²) in [6, 6.07) is 22.7. The lowest BCUT2D eigenvalue weighted by atomic mass is 10.1. The fourth-order valence-corrected chi connectivity index (χ4v) is 3.28. The van der Waals surface area contributed by atoms with Gasteiger partial charge in [-0.15, -0.1) is 0 Å². The fourth-order valence-electron chi connectivity index (χ4n) is 3.28. The normalized spacial score (nSPS) is 11.3. The van der Waals surface area contributed by atoms with Crippen molar-refractivity contribution in [2.45, 2.75) is 0 Å². The van der Waals surface area contributed by atoms with E-state index < -0.39 is 0 Å². The lowest BCUT2D eigenvalue weighted by Crippen LogP contribution is -2.29. The van der Waals surface area contributed by atoms with Crippen molar-refractivity contribution in [1.29, 1.82) is 0 Å². The smallest absolute Gasteiger partial charge is 0.214 e. The fraction of sp³-hybridized carbons (Fsp3) is 0.0417. The van der Waals surface area contributed by atoms with Crippen molar-refractivity contribution in [3.63, 3.8) is 0 Å². The van der Waals surface area contributed by atoms with E-state index in [0.29, 0.717) is 0 Å². The van der Waals surface area contributed by atoms with Crippen molar-refractivity contribution in [3.8, 4) is 0 Å². The molecular weight excluding hydrogens is 330 g/mol. The first kappa shape index (κ1) is 16.9. The molecule has 0 bridgehead atoms. The van der Waals surface area contributed by atoms with Crippen LogP contribution in [0.1, 0.15) is 11.1 Å². The molecule has 0 fully saturated rings. The Labute approximate surface area is 158 Å². The van der Waals surface area contributed by atoms with Crippen LogP contribution in [0.3, 0.4) is 0 Å². The molecule has 3 heteroatoms. The number of hydrogen-bond acceptors (Lipinski definition) is 2. The maximum atomic E-state index is 4.66. The number of aromatic nitrogens is 1. The molecule has 0 saturated heterocycles. The molecule has 0 aliphatic heterocycles. The van der Waals surface area contributed by atoms with Crippen molar-refractivity contribution in [3.05, 3.63) is 84.4 Å². The van der Waals surface area contributed by atoms with Gasteiger partial charge < -0.3 is 0 Å². The second-order valence-electron chi connectivity index (χ2n) is 6.48. The monoisotopic (exact) mass is 350 g/mol. The van der Waals surface area contributed by atoms with Gasteiger partial charge in [-0.3, -0.25) is 9.98 Å². The molecule has 0 spiro atoms. The van der Waals surface area contributed by atoms with Crippen LogP contribution in [0.5, 0.6) is 0 Å². The third-order valence-electron chi connectivity index (χ3n) is 4.75. The average Bonchev–Trinajstić information content (AvgIpc) is 2.72. The van der Waals surface area contributed by atoms with Crippen LogP contribution < -0.4 is 4.57 Å². The van der Waals surface area contributed by atoms with Gasteiger partial charge in [-0.1, -0.05) is 30.9 Å². The highest BCUT2D eigenvalue weighted by Crippen LogP contribution is 2.25. The lowest BCUT2D eigenvalue weighted by molar-refractivity contribution is -0.617. The molecule has 0 radical (unpaired) electrons. The molecule has 4 rings (SSSR count). The molecule has 0 aliphatic carbocycles. The molecule has 130 valence electrons. The van der Waals surface area contributed by atoms with Gasteiger partial charge in [0.2, 0.25) is 11.0 Å². The number of pyridine rings is 1. The molecule has 0 saturated carbocycles. The Balaban J connectivity index is 1.79. The minimum absolute atomic E-state index is 0.869. The van der Waals surface area contributed by atoms with Crippen LogP contribution in [0.15, 0.2) is 83.3 Å². The van der Waals surface area contributed by atoms with Gasteiger partial charge in [-0.25, -0.2) is 0 Å². The molecular formula is C24H20N3+. The van der Waals surface area contributed by atoms with Gasteiger partial charge >= 0.3 is 0 Å². The Bertz CT molecular complexity index is 1220. The van der Waals surface area contributed by atoms with E-state index in [1.165, 1.54) is 10.8 Å². The topological polar surface area (TPSA) is 28.6 Å². The predicted molar refractivity (Wildman–Crippen MR) is 116 cm³/mol. The van der Waals surface area contributed by atoms with E-state index in [1.807, 2.05) is 42.6 Å². The first-order valence-electron chi connectivity index (χ1n) is 8.78. The Morgan fingerprint density at radius 2 is 1.48 bits per heavy atom. The number of rotatable bonds is 4. The van der Waals surface area contributed by atoms with Crippen LogP contribution in [0, 0.1) is 0 Å². The zero-order valence-corrected chi connectivity index (χ0v) is 15.3. The minimum Gasteiger partial charge on any atom is -0.264 e. The summed E-state index contributed by atoms with van der Waals surface area (Å²) >= 11 is 0. The second kappa shape index (κ2) is 6.96. The van der Waals surface area contributed by atoms with Crippen molar-refractivity contribution in [2.75, 3.05) is 0 Å². The molecule has 0 atom stereocenters. The lowest BCUT2D eigenvalue weighted by Gasteiger charge is -2.04. The first-order chi connectivity index (χ1) is 13.2. The largest absolute Gasteiger partial charge is 0.264 e. The highest BCUT2D eigenvalue weighted by Gasteiger charge is 2.12. The number of benzene rings is 3. The minimum atomic E-state index is 0.869. The van der Waals surface area contributed by atoms with Gasteiger partial charge in [-0.05, 0) is 54.2 Å². The number of fused-ring (bicyclic) bond motifs is 2. The summed E-state index contributed by atoms with van der Waals surface area (Å²) in [7, 11) is 2.07. The molecule has 0 amide bonds. The van der Waals surface area contributed by atoms with E-state index in [4.69, 9.17) is 0 Å². The molecule has 1 aromatic heterocycles. The summed E-state index contributed by atoms with van der Waals surface area (Å²) in [4.78, 5) is 8.70. The van der Waals surface area contributed by atoms with E-state index in [9.17, 15) is 0 Å². The highest BCUT2D eigenvalue weighted by molar-refractivity contribution is 5.91. The summed E-state index contributed by atoms with van der Waals surface area (Å²) in [5.74, 6) is 0. The maximum Gasteiger partial charge on any atom is 0.214 e. The molecule has 0 aliphatic rings. The van der Waals surface area contributed by atoms with E-state index >= 15 is 0 Å². The average molecular weight is 350 g/mol. The zero-order valence-electron chi connectivity index (χ0n) is 15.3. The van der Waals surface area contributed by atoms with Crippen molar-refractivity contribution < 1.29 is 4.57 Å². The first-order valence-corrected chi connectivity index (χ1v) is 8.78. The zero-order chi connectivity index (χ0) is 18.8. The van der Waals surface area contributed by atoms with Gasteiger partial charge in [0.05, 0.1) is 11.4 Å². The number of hydrogen-bond donors (Lipinski definition) is 0. The van der Waals surface area contributed by atoms with E-state index in [-0.39, 0.29) is 0 Å².